The molecule has 3 atom stereocenters. The van der Waals surface area contributed by atoms with Gasteiger partial charge in [0.25, 0.3) is 0 Å². The number of carboxylic acids is 1. The molecule has 0 aliphatic carbocycles. The Morgan fingerprint density at radius 3 is 2.60 bits per heavy atom. The van der Waals surface area contributed by atoms with Gasteiger partial charge in [-0.1, -0.05) is 0 Å². The predicted octanol–water partition coefficient (Wildman–Crippen LogP) is -2.73. The molecule has 0 aromatic carbocycles. The minimum atomic E-state index is -1.29. The van der Waals surface area contributed by atoms with Crippen LogP contribution < -0.4 is 10.6 Å². The fraction of sp³-hybridized carbons (Fsp3) is 0.750. The Hall–Kier alpha value is -1.18. The van der Waals surface area contributed by atoms with Gasteiger partial charge in [0, 0.05) is 6.54 Å². The molecule has 5 N–H and O–H groups in total. The molecular weight excluding hydrogens is 204 g/mol. The van der Waals surface area contributed by atoms with Crippen LogP contribution in [0.3, 0.4) is 0 Å². The van der Waals surface area contributed by atoms with E-state index in [-0.39, 0.29) is 6.42 Å². The first kappa shape index (κ1) is 11.9. The van der Waals surface area contributed by atoms with E-state index in [1.54, 1.807) is 0 Å². The van der Waals surface area contributed by atoms with Gasteiger partial charge in [0.1, 0.15) is 6.04 Å². The lowest BCUT2D eigenvalue weighted by atomic mass is 10.2. The van der Waals surface area contributed by atoms with Crippen LogP contribution >= 0.6 is 0 Å². The molecule has 1 rings (SSSR count). The van der Waals surface area contributed by atoms with Crippen molar-refractivity contribution in [2.45, 2.75) is 24.6 Å². The molecule has 1 unspecified atom stereocenters. The number of hydrogen-bond acceptors (Lipinski definition) is 5. The summed E-state index contributed by atoms with van der Waals surface area (Å²) >= 11 is 0. The average Bonchev–Trinajstić information content (AvgIpc) is 2.60. The van der Waals surface area contributed by atoms with Gasteiger partial charge in [0.2, 0.25) is 5.91 Å². The van der Waals surface area contributed by atoms with Crippen LogP contribution in [0.5, 0.6) is 0 Å². The second kappa shape index (κ2) is 5.06. The molecule has 0 radical (unpaired) electrons. The van der Waals surface area contributed by atoms with Crippen LogP contribution in [0.25, 0.3) is 0 Å². The van der Waals surface area contributed by atoms with Gasteiger partial charge in [-0.2, -0.15) is 0 Å². The highest BCUT2D eigenvalue weighted by Crippen LogP contribution is 2.06. The highest BCUT2D eigenvalue weighted by atomic mass is 16.4. The number of aliphatic carboxylic acids is 1. The van der Waals surface area contributed by atoms with Crippen molar-refractivity contribution in [3.63, 3.8) is 0 Å². The molecule has 1 heterocycles. The molecule has 7 heteroatoms. The summed E-state index contributed by atoms with van der Waals surface area (Å²) in [6.45, 7) is -0.342. The summed E-state index contributed by atoms with van der Waals surface area (Å²) in [5.74, 6) is -1.81. The van der Waals surface area contributed by atoms with Gasteiger partial charge in [0.05, 0.1) is 18.8 Å². The fourth-order valence-corrected chi connectivity index (χ4v) is 1.37. The number of β-amino-alcohol motifs (C(OH)–C–C–N with tert-alkyl or cyclic N) is 1. The minimum absolute atomic E-state index is 0.254. The van der Waals surface area contributed by atoms with Crippen molar-refractivity contribution in [2.75, 3.05) is 13.2 Å². The summed E-state index contributed by atoms with van der Waals surface area (Å²) < 4.78 is 0. The highest BCUT2D eigenvalue weighted by Gasteiger charge is 2.30. The van der Waals surface area contributed by atoms with Crippen LogP contribution in [-0.4, -0.2) is 58.5 Å². The monoisotopic (exact) mass is 218 g/mol. The van der Waals surface area contributed by atoms with Crippen molar-refractivity contribution in [1.82, 2.24) is 10.6 Å². The van der Waals surface area contributed by atoms with Crippen molar-refractivity contribution in [2.24, 2.45) is 0 Å². The van der Waals surface area contributed by atoms with Crippen molar-refractivity contribution < 1.29 is 24.9 Å². The molecule has 1 fully saturated rings. The Bertz CT molecular complexity index is 257. The zero-order valence-corrected chi connectivity index (χ0v) is 8.01. The molecule has 86 valence electrons. The smallest absolute Gasteiger partial charge is 0.328 e. The molecule has 1 aliphatic rings. The largest absolute Gasteiger partial charge is 0.480 e. The number of nitrogens with one attached hydrogen (secondary N) is 2. The molecule has 1 amide bonds. The van der Waals surface area contributed by atoms with Crippen LogP contribution in [0, 0.1) is 0 Å². The first-order valence-corrected chi connectivity index (χ1v) is 4.60. The van der Waals surface area contributed by atoms with E-state index >= 15 is 0 Å². The molecule has 15 heavy (non-hydrogen) atoms. The Morgan fingerprint density at radius 2 is 2.20 bits per heavy atom. The third-order valence-corrected chi connectivity index (χ3v) is 2.22. The Labute approximate surface area is 86.1 Å². The number of aliphatic hydroxyl groups excluding tert-OH is 2. The summed E-state index contributed by atoms with van der Waals surface area (Å²) in [4.78, 5) is 21.9. The summed E-state index contributed by atoms with van der Waals surface area (Å²) in [5, 5.41) is 31.3. The van der Waals surface area contributed by atoms with Crippen molar-refractivity contribution >= 4 is 11.9 Å². The van der Waals surface area contributed by atoms with E-state index in [1.807, 2.05) is 0 Å². The number of rotatable bonds is 4. The average molecular weight is 218 g/mol. The van der Waals surface area contributed by atoms with Gasteiger partial charge in [-0.3, -0.25) is 4.79 Å². The van der Waals surface area contributed by atoms with Crippen molar-refractivity contribution in [3.8, 4) is 0 Å². The molecule has 1 aliphatic heterocycles. The number of carbonyl (C=O) groups excluding carboxylic acids is 1. The SMILES string of the molecule is O=C(N[C@H](CO)C(=O)O)[C@@H]1CC(O)CN1. The molecule has 1 saturated heterocycles. The minimum Gasteiger partial charge on any atom is -0.480 e. The fourth-order valence-electron chi connectivity index (χ4n) is 1.37. The van der Waals surface area contributed by atoms with Gasteiger partial charge in [-0.25, -0.2) is 4.79 Å². The Balaban J connectivity index is 2.44. The van der Waals surface area contributed by atoms with E-state index in [0.29, 0.717) is 6.54 Å². The normalized spacial score (nSPS) is 27.3. The van der Waals surface area contributed by atoms with Gasteiger partial charge < -0.3 is 26.0 Å². The molecular formula is C8H14N2O5. The molecule has 0 bridgehead atoms. The first-order valence-electron chi connectivity index (χ1n) is 4.60. The maximum Gasteiger partial charge on any atom is 0.328 e. The third-order valence-electron chi connectivity index (χ3n) is 2.22. The molecule has 0 aromatic rings. The standard InChI is InChI=1S/C8H14N2O5/c11-3-6(8(14)15)10-7(13)5-1-4(12)2-9-5/h4-6,9,11-12H,1-3H2,(H,10,13)(H,14,15)/t4?,5-,6+/m0/s1. The van der Waals surface area contributed by atoms with E-state index in [0.717, 1.165) is 0 Å². The zero-order valence-electron chi connectivity index (χ0n) is 8.01. The van der Waals surface area contributed by atoms with E-state index in [1.165, 1.54) is 0 Å². The summed E-state index contributed by atoms with van der Waals surface area (Å²) in [6.07, 6.45) is -0.331. The van der Waals surface area contributed by atoms with Crippen LogP contribution in [0.2, 0.25) is 0 Å². The van der Waals surface area contributed by atoms with E-state index in [2.05, 4.69) is 10.6 Å². The third kappa shape index (κ3) is 3.15. The summed E-state index contributed by atoms with van der Waals surface area (Å²) in [6, 6.07) is -1.88. The van der Waals surface area contributed by atoms with Crippen molar-refractivity contribution in [1.29, 1.82) is 0 Å². The number of hydrogen-bond donors (Lipinski definition) is 5. The van der Waals surface area contributed by atoms with E-state index in [9.17, 15) is 9.59 Å². The van der Waals surface area contributed by atoms with Crippen molar-refractivity contribution in [3.05, 3.63) is 0 Å². The van der Waals surface area contributed by atoms with Crippen LogP contribution in [0.1, 0.15) is 6.42 Å². The van der Waals surface area contributed by atoms with E-state index < -0.39 is 36.7 Å². The maximum atomic E-state index is 11.4. The van der Waals surface area contributed by atoms with Gasteiger partial charge in [-0.15, -0.1) is 0 Å². The van der Waals surface area contributed by atoms with Gasteiger partial charge in [-0.05, 0) is 6.42 Å². The number of amides is 1. The topological polar surface area (TPSA) is 119 Å². The summed E-state index contributed by atoms with van der Waals surface area (Å²) in [5.41, 5.74) is 0. The maximum absolute atomic E-state index is 11.4. The lowest BCUT2D eigenvalue weighted by Crippen LogP contribution is -2.49. The van der Waals surface area contributed by atoms with Gasteiger partial charge >= 0.3 is 5.97 Å². The Kier molecular flexibility index (Phi) is 4.01. The van der Waals surface area contributed by atoms with Crippen LogP contribution in [0.15, 0.2) is 0 Å². The molecule has 0 aromatic heterocycles. The Morgan fingerprint density at radius 1 is 1.53 bits per heavy atom. The number of carbonyl (C=O) groups is 2. The van der Waals surface area contributed by atoms with Crippen LogP contribution in [0.4, 0.5) is 0 Å². The quantitative estimate of drug-likeness (QED) is 0.349. The van der Waals surface area contributed by atoms with Gasteiger partial charge in [0.15, 0.2) is 0 Å². The predicted molar refractivity (Wildman–Crippen MR) is 49.1 cm³/mol. The lowest BCUT2D eigenvalue weighted by molar-refractivity contribution is -0.143. The molecule has 0 spiro atoms. The number of aliphatic hydroxyl groups is 2. The molecule has 0 saturated carbocycles. The second-order valence-electron chi connectivity index (χ2n) is 3.43. The second-order valence-corrected chi connectivity index (χ2v) is 3.43. The summed E-state index contributed by atoms with van der Waals surface area (Å²) in [7, 11) is 0. The van der Waals surface area contributed by atoms with E-state index in [4.69, 9.17) is 15.3 Å². The first-order chi connectivity index (χ1) is 7.04. The lowest BCUT2D eigenvalue weighted by Gasteiger charge is -2.15. The molecule has 7 nitrogen and oxygen atoms in total. The van der Waals surface area contributed by atoms with Crippen LogP contribution in [-0.2, 0) is 9.59 Å². The number of carboxylic acid groups (broad SMARTS) is 1. The zero-order chi connectivity index (χ0) is 11.4. The highest BCUT2D eigenvalue weighted by molar-refractivity contribution is 5.87.